The molecule has 202 valence electrons. The summed E-state index contributed by atoms with van der Waals surface area (Å²) < 4.78 is 37.3. The molecule has 1 aromatic carbocycles. The molecule has 1 aliphatic rings. The molecule has 2 amide bonds. The van der Waals surface area contributed by atoms with Crippen LogP contribution in [-0.4, -0.2) is 62.0 Å². The number of aryl methyl sites for hydroxylation is 2. The molecular weight excluding hydrogens is 554 g/mol. The molecule has 0 spiro atoms. The lowest BCUT2D eigenvalue weighted by atomic mass is 10.1. The molecule has 2 heterocycles. The molecule has 0 bridgehead atoms. The summed E-state index contributed by atoms with van der Waals surface area (Å²) in [5, 5.41) is 2.78. The van der Waals surface area contributed by atoms with Gasteiger partial charge in [0.1, 0.15) is 16.5 Å². The number of anilines is 1. The molecular formula is C24H25N3O8S3. The van der Waals surface area contributed by atoms with Crippen LogP contribution in [0.2, 0.25) is 0 Å². The Kier molecular flexibility index (Phi) is 8.13. The minimum atomic E-state index is -4.16. The van der Waals surface area contributed by atoms with Gasteiger partial charge in [0.15, 0.2) is 14.6 Å². The van der Waals surface area contributed by atoms with Gasteiger partial charge in [-0.3, -0.25) is 9.59 Å². The fourth-order valence-electron chi connectivity index (χ4n) is 4.14. The van der Waals surface area contributed by atoms with Crippen molar-refractivity contribution in [1.29, 1.82) is 0 Å². The number of benzene rings is 1. The lowest BCUT2D eigenvalue weighted by Crippen LogP contribution is -2.28. The lowest BCUT2D eigenvalue weighted by molar-refractivity contribution is -0.115. The first kappa shape index (κ1) is 27.7. The Morgan fingerprint density at radius 3 is 2.58 bits per heavy atom. The highest BCUT2D eigenvalue weighted by molar-refractivity contribution is 7.92. The number of hydrogen-bond acceptors (Lipinski definition) is 10. The van der Waals surface area contributed by atoms with Crippen LogP contribution < -0.4 is 10.1 Å². The van der Waals surface area contributed by atoms with Gasteiger partial charge in [-0.05, 0) is 49.9 Å². The van der Waals surface area contributed by atoms with Crippen molar-refractivity contribution in [1.82, 2.24) is 4.57 Å². The lowest BCUT2D eigenvalue weighted by Gasteiger charge is -2.08. The number of thiazole rings is 1. The zero-order valence-electron chi connectivity index (χ0n) is 20.9. The van der Waals surface area contributed by atoms with Gasteiger partial charge in [-0.15, -0.1) is 11.3 Å². The molecule has 3 aromatic rings. The van der Waals surface area contributed by atoms with Crippen LogP contribution in [0, 0.1) is 0 Å². The second-order valence-electron chi connectivity index (χ2n) is 8.49. The summed E-state index contributed by atoms with van der Waals surface area (Å²) >= 11 is 2.34. The molecule has 0 atom stereocenters. The van der Waals surface area contributed by atoms with E-state index in [-0.39, 0.29) is 22.0 Å². The van der Waals surface area contributed by atoms with Gasteiger partial charge in [-0.2, -0.15) is 4.99 Å². The molecule has 1 aliphatic carbocycles. The van der Waals surface area contributed by atoms with Crippen molar-refractivity contribution in [2.24, 2.45) is 12.0 Å². The van der Waals surface area contributed by atoms with Crippen molar-refractivity contribution in [3.8, 4) is 0 Å². The van der Waals surface area contributed by atoms with E-state index in [0.29, 0.717) is 22.2 Å². The fraction of sp³-hybridized carbons (Fsp3) is 0.375. The van der Waals surface area contributed by atoms with E-state index in [1.807, 2.05) is 0 Å². The third kappa shape index (κ3) is 5.87. The number of thiophene rings is 1. The summed E-state index contributed by atoms with van der Waals surface area (Å²) in [5.41, 5.74) is 2.12. The number of rotatable bonds is 8. The van der Waals surface area contributed by atoms with Crippen molar-refractivity contribution in [3.63, 3.8) is 0 Å². The highest BCUT2D eigenvalue weighted by atomic mass is 32.2. The topological polar surface area (TPSA) is 150 Å². The second kappa shape index (κ2) is 11.2. The molecule has 4 rings (SSSR count). The summed E-state index contributed by atoms with van der Waals surface area (Å²) in [7, 11) is -1.23. The van der Waals surface area contributed by atoms with Gasteiger partial charge in [-0.1, -0.05) is 11.3 Å². The largest absolute Gasteiger partial charge is 0.465 e. The Labute approximate surface area is 226 Å². The van der Waals surface area contributed by atoms with Crippen molar-refractivity contribution >= 4 is 71.5 Å². The van der Waals surface area contributed by atoms with Crippen LogP contribution in [0.25, 0.3) is 10.2 Å². The summed E-state index contributed by atoms with van der Waals surface area (Å²) in [6, 6.07) is 4.85. The van der Waals surface area contributed by atoms with Crippen molar-refractivity contribution in [3.05, 3.63) is 44.6 Å². The predicted molar refractivity (Wildman–Crippen MR) is 142 cm³/mol. The first-order valence-electron chi connectivity index (χ1n) is 11.6. The van der Waals surface area contributed by atoms with Gasteiger partial charge in [0, 0.05) is 11.9 Å². The zero-order chi connectivity index (χ0) is 27.6. The number of nitrogens with zero attached hydrogens (tertiary/aromatic N) is 2. The average Bonchev–Trinajstić information content (AvgIpc) is 3.50. The molecule has 0 saturated carbocycles. The number of amides is 2. The van der Waals surface area contributed by atoms with E-state index in [1.165, 1.54) is 18.4 Å². The maximum absolute atomic E-state index is 12.6. The maximum atomic E-state index is 12.6. The number of carbonyl (C=O) groups excluding carboxylic acids is 4. The quantitative estimate of drug-likeness (QED) is 0.399. The number of carbonyl (C=O) groups is 4. The van der Waals surface area contributed by atoms with Crippen LogP contribution in [0.1, 0.15) is 44.5 Å². The monoisotopic (exact) mass is 579 g/mol. The van der Waals surface area contributed by atoms with Gasteiger partial charge in [0.05, 0.1) is 35.1 Å². The van der Waals surface area contributed by atoms with E-state index < -0.39 is 45.1 Å². The molecule has 0 unspecified atom stereocenters. The van der Waals surface area contributed by atoms with Gasteiger partial charge in [0.25, 0.3) is 5.91 Å². The standard InChI is InChI=1S/C24H25N3O8S3/c1-4-35-23(31)20-14-6-5-7-16(14)36-21(20)25-18(28)11-38(32,33)12-19(29)26-24-27(2)15-9-8-13(22(30)34-3)10-17(15)37-24/h8-10H,4-7,11-12H2,1-3H3,(H,25,28). The van der Waals surface area contributed by atoms with E-state index >= 15 is 0 Å². The van der Waals surface area contributed by atoms with E-state index in [2.05, 4.69) is 10.3 Å². The zero-order valence-corrected chi connectivity index (χ0v) is 23.3. The maximum Gasteiger partial charge on any atom is 0.341 e. The Bertz CT molecular complexity index is 1630. The van der Waals surface area contributed by atoms with Crippen LogP contribution in [0.15, 0.2) is 23.2 Å². The summed E-state index contributed by atoms with van der Waals surface area (Å²) in [6.07, 6.45) is 2.35. The number of fused-ring (bicyclic) bond motifs is 2. The SMILES string of the molecule is CCOC(=O)c1c(NC(=O)CS(=O)(=O)CC(=O)N=c2sc3cc(C(=O)OC)ccc3n2C)sc2c1CCC2. The van der Waals surface area contributed by atoms with E-state index in [4.69, 9.17) is 9.47 Å². The van der Waals surface area contributed by atoms with E-state index in [1.54, 1.807) is 36.7 Å². The van der Waals surface area contributed by atoms with Crippen molar-refractivity contribution < 1.29 is 37.1 Å². The van der Waals surface area contributed by atoms with E-state index in [0.717, 1.165) is 34.6 Å². The number of sulfone groups is 1. The van der Waals surface area contributed by atoms with Crippen LogP contribution in [0.5, 0.6) is 0 Å². The normalized spacial score (nSPS) is 13.4. The summed E-state index contributed by atoms with van der Waals surface area (Å²) in [5.74, 6) is -4.77. The van der Waals surface area contributed by atoms with E-state index in [9.17, 15) is 27.6 Å². The summed E-state index contributed by atoms with van der Waals surface area (Å²) in [4.78, 5) is 54.5. The predicted octanol–water partition coefficient (Wildman–Crippen LogP) is 2.23. The third-order valence-corrected chi connectivity index (χ3v) is 9.49. The van der Waals surface area contributed by atoms with Gasteiger partial charge in [0.2, 0.25) is 5.91 Å². The smallest absolute Gasteiger partial charge is 0.341 e. The Morgan fingerprint density at radius 2 is 1.87 bits per heavy atom. The molecule has 0 saturated heterocycles. The Hall–Kier alpha value is -3.36. The first-order chi connectivity index (χ1) is 18.0. The van der Waals surface area contributed by atoms with Gasteiger partial charge in [-0.25, -0.2) is 18.0 Å². The molecule has 0 radical (unpaired) electrons. The number of nitrogens with one attached hydrogen (secondary N) is 1. The van der Waals surface area contributed by atoms with Crippen LogP contribution in [0.4, 0.5) is 5.00 Å². The number of esters is 2. The Balaban J connectivity index is 1.48. The molecule has 0 aliphatic heterocycles. The number of aromatic nitrogens is 1. The third-order valence-electron chi connectivity index (χ3n) is 5.80. The van der Waals surface area contributed by atoms with Gasteiger partial charge >= 0.3 is 11.9 Å². The molecule has 11 nitrogen and oxygen atoms in total. The average molecular weight is 580 g/mol. The van der Waals surface area contributed by atoms with Crippen LogP contribution in [-0.2, 0) is 48.8 Å². The minimum Gasteiger partial charge on any atom is -0.465 e. The van der Waals surface area contributed by atoms with Crippen molar-refractivity contribution in [2.45, 2.75) is 26.2 Å². The molecule has 0 fully saturated rings. The number of hydrogen-bond donors (Lipinski definition) is 1. The molecule has 1 N–H and O–H groups in total. The number of methoxy groups -OCH3 is 1. The minimum absolute atomic E-state index is 0.167. The highest BCUT2D eigenvalue weighted by Gasteiger charge is 2.29. The molecule has 2 aromatic heterocycles. The highest BCUT2D eigenvalue weighted by Crippen LogP contribution is 2.39. The molecule has 38 heavy (non-hydrogen) atoms. The molecule has 14 heteroatoms. The second-order valence-corrected chi connectivity index (χ2v) is 12.7. The Morgan fingerprint density at radius 1 is 1.11 bits per heavy atom. The fourth-order valence-corrected chi connectivity index (χ4v) is 7.52. The number of ether oxygens (including phenoxy) is 2. The summed E-state index contributed by atoms with van der Waals surface area (Å²) in [6.45, 7) is 1.84. The van der Waals surface area contributed by atoms with Crippen LogP contribution >= 0.6 is 22.7 Å². The van der Waals surface area contributed by atoms with Crippen LogP contribution in [0.3, 0.4) is 0 Å². The van der Waals surface area contributed by atoms with Gasteiger partial charge < -0.3 is 19.4 Å². The first-order valence-corrected chi connectivity index (χ1v) is 15.1. The van der Waals surface area contributed by atoms with Crippen molar-refractivity contribution in [2.75, 3.05) is 30.5 Å².